The summed E-state index contributed by atoms with van der Waals surface area (Å²) in [5.74, 6) is 2.39. The predicted octanol–water partition coefficient (Wildman–Crippen LogP) is 0.214. The summed E-state index contributed by atoms with van der Waals surface area (Å²) in [6, 6.07) is 1.65. The topological polar surface area (TPSA) is 98.0 Å². The fourth-order valence-electron chi connectivity index (χ4n) is 1.96. The molecular formula is C10H16N4O2S. The minimum atomic E-state index is -2.81. The standard InChI is InChI=1S/C10H16N4O2S/c1-7-13-9(11)4-10(14-7)12-5-8-2-3-17(15,16)6-8/h4,8H,2-3,5-6H2,1H3,(H3,11,12,13,14). The minimum Gasteiger partial charge on any atom is -0.384 e. The molecule has 1 unspecified atom stereocenters. The molecule has 0 bridgehead atoms. The number of nitrogens with two attached hydrogens (primary N) is 1. The number of anilines is 2. The molecule has 2 heterocycles. The highest BCUT2D eigenvalue weighted by Gasteiger charge is 2.27. The third-order valence-corrected chi connectivity index (χ3v) is 4.59. The van der Waals surface area contributed by atoms with Crippen LogP contribution >= 0.6 is 0 Å². The molecule has 0 amide bonds. The Morgan fingerprint density at radius 2 is 2.29 bits per heavy atom. The van der Waals surface area contributed by atoms with Crippen molar-refractivity contribution in [2.45, 2.75) is 13.3 Å². The van der Waals surface area contributed by atoms with E-state index in [4.69, 9.17) is 5.73 Å². The van der Waals surface area contributed by atoms with Gasteiger partial charge in [-0.3, -0.25) is 0 Å². The SMILES string of the molecule is Cc1nc(N)cc(NCC2CCS(=O)(=O)C2)n1. The zero-order valence-corrected chi connectivity index (χ0v) is 10.5. The van der Waals surface area contributed by atoms with Gasteiger partial charge in [-0.1, -0.05) is 0 Å². The van der Waals surface area contributed by atoms with Gasteiger partial charge in [0.2, 0.25) is 0 Å². The molecular weight excluding hydrogens is 240 g/mol. The lowest BCUT2D eigenvalue weighted by Crippen LogP contribution is -2.16. The van der Waals surface area contributed by atoms with E-state index in [0.717, 1.165) is 6.42 Å². The summed E-state index contributed by atoms with van der Waals surface area (Å²) in [4.78, 5) is 8.15. The Bertz CT molecular complexity index is 495. The lowest BCUT2D eigenvalue weighted by molar-refractivity contribution is 0.595. The van der Waals surface area contributed by atoms with Crippen molar-refractivity contribution in [1.29, 1.82) is 0 Å². The van der Waals surface area contributed by atoms with Gasteiger partial charge in [-0.2, -0.15) is 0 Å². The number of nitrogens with one attached hydrogen (secondary N) is 1. The van der Waals surface area contributed by atoms with Crippen molar-refractivity contribution < 1.29 is 8.42 Å². The van der Waals surface area contributed by atoms with Gasteiger partial charge in [-0.25, -0.2) is 18.4 Å². The van der Waals surface area contributed by atoms with Crippen LogP contribution in [0.4, 0.5) is 11.6 Å². The second-order valence-electron chi connectivity index (χ2n) is 4.38. The van der Waals surface area contributed by atoms with Crippen molar-refractivity contribution >= 4 is 21.5 Å². The van der Waals surface area contributed by atoms with E-state index in [1.807, 2.05) is 0 Å². The van der Waals surface area contributed by atoms with Crippen molar-refractivity contribution in [3.05, 3.63) is 11.9 Å². The second-order valence-corrected chi connectivity index (χ2v) is 6.60. The first-order valence-corrected chi connectivity index (χ1v) is 7.32. The molecule has 2 rings (SSSR count). The highest BCUT2D eigenvalue weighted by atomic mass is 32.2. The first-order valence-electron chi connectivity index (χ1n) is 5.50. The lowest BCUT2D eigenvalue weighted by atomic mass is 10.1. The Morgan fingerprint density at radius 1 is 1.53 bits per heavy atom. The van der Waals surface area contributed by atoms with Gasteiger partial charge < -0.3 is 11.1 Å². The molecule has 1 aliphatic heterocycles. The fraction of sp³-hybridized carbons (Fsp3) is 0.600. The van der Waals surface area contributed by atoms with Gasteiger partial charge >= 0.3 is 0 Å². The Kier molecular flexibility index (Phi) is 3.19. The van der Waals surface area contributed by atoms with E-state index in [1.54, 1.807) is 13.0 Å². The smallest absolute Gasteiger partial charge is 0.150 e. The summed E-state index contributed by atoms with van der Waals surface area (Å²) >= 11 is 0. The van der Waals surface area contributed by atoms with E-state index in [-0.39, 0.29) is 11.7 Å². The average molecular weight is 256 g/mol. The zero-order chi connectivity index (χ0) is 12.5. The van der Waals surface area contributed by atoms with Gasteiger partial charge in [-0.05, 0) is 19.3 Å². The number of aryl methyl sites for hydroxylation is 1. The number of nitrogen functional groups attached to an aromatic ring is 1. The number of hydrogen-bond donors (Lipinski definition) is 2. The van der Waals surface area contributed by atoms with Crippen LogP contribution in [0, 0.1) is 12.8 Å². The van der Waals surface area contributed by atoms with E-state index in [9.17, 15) is 8.42 Å². The van der Waals surface area contributed by atoms with Crippen molar-refractivity contribution in [1.82, 2.24) is 9.97 Å². The summed E-state index contributed by atoms with van der Waals surface area (Å²) in [7, 11) is -2.81. The van der Waals surface area contributed by atoms with Crippen LogP contribution in [-0.2, 0) is 9.84 Å². The molecule has 1 fully saturated rings. The maximum atomic E-state index is 11.3. The van der Waals surface area contributed by atoms with Crippen LogP contribution in [0.1, 0.15) is 12.2 Å². The summed E-state index contributed by atoms with van der Waals surface area (Å²) in [5, 5.41) is 3.11. The summed E-state index contributed by atoms with van der Waals surface area (Å²) < 4.78 is 22.6. The Labute approximate surface area is 101 Å². The number of rotatable bonds is 3. The molecule has 0 aliphatic carbocycles. The molecule has 1 saturated heterocycles. The normalized spacial score (nSPS) is 22.5. The predicted molar refractivity (Wildman–Crippen MR) is 66.4 cm³/mol. The molecule has 3 N–H and O–H groups in total. The molecule has 17 heavy (non-hydrogen) atoms. The van der Waals surface area contributed by atoms with Gasteiger partial charge in [0.15, 0.2) is 9.84 Å². The summed E-state index contributed by atoms with van der Waals surface area (Å²) in [6.45, 7) is 2.37. The van der Waals surface area contributed by atoms with Crippen LogP contribution in [0.25, 0.3) is 0 Å². The Morgan fingerprint density at radius 3 is 2.88 bits per heavy atom. The van der Waals surface area contributed by atoms with Crippen LogP contribution in [0.15, 0.2) is 6.07 Å². The van der Waals surface area contributed by atoms with Gasteiger partial charge in [0.25, 0.3) is 0 Å². The minimum absolute atomic E-state index is 0.163. The third-order valence-electron chi connectivity index (χ3n) is 2.76. The summed E-state index contributed by atoms with van der Waals surface area (Å²) in [5.41, 5.74) is 5.60. The lowest BCUT2D eigenvalue weighted by Gasteiger charge is -2.10. The van der Waals surface area contributed by atoms with Crippen LogP contribution in [0.2, 0.25) is 0 Å². The molecule has 1 atom stereocenters. The highest BCUT2D eigenvalue weighted by molar-refractivity contribution is 7.91. The molecule has 0 aromatic carbocycles. The largest absolute Gasteiger partial charge is 0.384 e. The van der Waals surface area contributed by atoms with Crippen molar-refractivity contribution in [2.24, 2.45) is 5.92 Å². The molecule has 0 saturated carbocycles. The maximum absolute atomic E-state index is 11.3. The molecule has 6 nitrogen and oxygen atoms in total. The van der Waals surface area contributed by atoms with Gasteiger partial charge in [0.05, 0.1) is 11.5 Å². The highest BCUT2D eigenvalue weighted by Crippen LogP contribution is 2.19. The zero-order valence-electron chi connectivity index (χ0n) is 9.68. The monoisotopic (exact) mass is 256 g/mol. The van der Waals surface area contributed by atoms with E-state index < -0.39 is 9.84 Å². The van der Waals surface area contributed by atoms with E-state index >= 15 is 0 Å². The number of aromatic nitrogens is 2. The van der Waals surface area contributed by atoms with Crippen molar-refractivity contribution in [2.75, 3.05) is 29.1 Å². The Hall–Kier alpha value is -1.37. The fourth-order valence-corrected chi connectivity index (χ4v) is 3.83. The molecule has 1 aliphatic rings. The quantitative estimate of drug-likeness (QED) is 0.802. The molecule has 1 aromatic heterocycles. The van der Waals surface area contributed by atoms with Crippen LogP contribution in [-0.4, -0.2) is 36.4 Å². The third kappa shape index (κ3) is 3.29. The van der Waals surface area contributed by atoms with Crippen molar-refractivity contribution in [3.63, 3.8) is 0 Å². The van der Waals surface area contributed by atoms with Crippen LogP contribution < -0.4 is 11.1 Å². The Balaban J connectivity index is 1.94. The molecule has 1 aromatic rings. The number of nitrogens with zero attached hydrogens (tertiary/aromatic N) is 2. The molecule has 7 heteroatoms. The summed E-state index contributed by atoms with van der Waals surface area (Å²) in [6.07, 6.45) is 0.717. The van der Waals surface area contributed by atoms with E-state index in [0.29, 0.717) is 29.8 Å². The second kappa shape index (κ2) is 4.48. The number of hydrogen-bond acceptors (Lipinski definition) is 6. The van der Waals surface area contributed by atoms with Gasteiger partial charge in [0.1, 0.15) is 17.5 Å². The molecule has 0 radical (unpaired) electrons. The van der Waals surface area contributed by atoms with Crippen LogP contribution in [0.5, 0.6) is 0 Å². The van der Waals surface area contributed by atoms with Gasteiger partial charge in [0, 0.05) is 12.6 Å². The average Bonchev–Trinajstić information content (AvgIpc) is 2.54. The van der Waals surface area contributed by atoms with Gasteiger partial charge in [-0.15, -0.1) is 0 Å². The maximum Gasteiger partial charge on any atom is 0.150 e. The first-order chi connectivity index (χ1) is 7.94. The van der Waals surface area contributed by atoms with E-state index in [1.165, 1.54) is 0 Å². The van der Waals surface area contributed by atoms with Crippen LogP contribution in [0.3, 0.4) is 0 Å². The van der Waals surface area contributed by atoms with E-state index in [2.05, 4.69) is 15.3 Å². The molecule has 0 spiro atoms. The van der Waals surface area contributed by atoms with Crippen molar-refractivity contribution in [3.8, 4) is 0 Å². The molecule has 94 valence electrons. The first kappa shape index (κ1) is 12.1. The number of sulfone groups is 1.